The Hall–Kier alpha value is -5.69. The molecule has 0 radical (unpaired) electrons. The molecule has 77 heavy (non-hydrogen) atoms. The molecule has 25 heteroatoms. The van der Waals surface area contributed by atoms with Crippen LogP contribution in [0.4, 0.5) is 0 Å². The van der Waals surface area contributed by atoms with E-state index in [0.29, 0.717) is 23.0 Å². The zero-order valence-electron chi connectivity index (χ0n) is 41.6. The number of aromatic nitrogens is 4. The van der Waals surface area contributed by atoms with Crippen molar-refractivity contribution in [2.24, 2.45) is 0 Å². The fourth-order valence-corrected chi connectivity index (χ4v) is 9.65. The molecule has 11 N–H and O–H groups in total. The van der Waals surface area contributed by atoms with Crippen LogP contribution in [0.1, 0.15) is 41.7 Å². The van der Waals surface area contributed by atoms with Gasteiger partial charge in [-0.1, -0.05) is 59.8 Å². The van der Waals surface area contributed by atoms with Crippen molar-refractivity contribution < 1.29 is 93.8 Å². The van der Waals surface area contributed by atoms with Crippen molar-refractivity contribution in [1.82, 2.24) is 24.9 Å². The van der Waals surface area contributed by atoms with Crippen LogP contribution in [0.5, 0.6) is 0 Å². The number of hydrogen-bond acceptors (Lipinski definition) is 21. The molecule has 0 saturated carbocycles. The van der Waals surface area contributed by atoms with Gasteiger partial charge in [-0.3, -0.25) is 14.3 Å². The fourth-order valence-electron chi connectivity index (χ4n) is 9.65. The van der Waals surface area contributed by atoms with Gasteiger partial charge in [0, 0.05) is 35.8 Å². The molecule has 15 atom stereocenters. The number of aliphatic carboxylic acids is 1. The molecule has 8 rings (SSSR count). The number of carbonyl (C=O) groups excluding carboxylic acids is 1. The average molecular weight is 1080 g/mol. The Morgan fingerprint density at radius 2 is 1.44 bits per heavy atom. The summed E-state index contributed by atoms with van der Waals surface area (Å²) >= 11 is 0. The highest BCUT2D eigenvalue weighted by Gasteiger charge is 2.57. The second-order valence-electron chi connectivity index (χ2n) is 19.0. The minimum Gasteiger partial charge on any atom is -0.477 e. The molecule has 1 amide bonds. The van der Waals surface area contributed by atoms with E-state index >= 15 is 0 Å². The van der Waals surface area contributed by atoms with Crippen LogP contribution in [-0.4, -0.2) is 207 Å². The largest absolute Gasteiger partial charge is 0.477 e. The summed E-state index contributed by atoms with van der Waals surface area (Å²) < 4.78 is 43.7. The van der Waals surface area contributed by atoms with Gasteiger partial charge in [-0.25, -0.2) is 4.79 Å². The van der Waals surface area contributed by atoms with Crippen molar-refractivity contribution >= 4 is 33.7 Å². The first-order valence-corrected chi connectivity index (χ1v) is 25.2. The first-order chi connectivity index (χ1) is 37.1. The second kappa shape index (κ2) is 26.3. The van der Waals surface area contributed by atoms with Gasteiger partial charge in [0.05, 0.1) is 69.0 Å². The number of carboxylic acid groups (broad SMARTS) is 1. The number of benzene rings is 3. The Balaban J connectivity index is 0.771. The van der Waals surface area contributed by atoms with Crippen molar-refractivity contribution in [3.63, 3.8) is 0 Å². The Morgan fingerprint density at radius 1 is 0.792 bits per heavy atom. The third-order valence-electron chi connectivity index (χ3n) is 13.8. The lowest BCUT2D eigenvalue weighted by molar-refractivity contribution is -0.366. The number of aliphatic hydroxyl groups excluding tert-OH is 9. The van der Waals surface area contributed by atoms with Crippen LogP contribution >= 0.6 is 0 Å². The smallest absolute Gasteiger partial charge is 0.364 e. The van der Waals surface area contributed by atoms with Crippen LogP contribution in [0, 0.1) is 0 Å². The number of aliphatic hydroxyl groups is 9. The molecular formula is C52H65N5O20. The predicted molar refractivity (Wildman–Crippen MR) is 266 cm³/mol. The molecule has 0 unspecified atom stereocenters. The predicted octanol–water partition coefficient (Wildman–Crippen LogP) is -1.56. The number of amides is 1. The van der Waals surface area contributed by atoms with Crippen LogP contribution in [0.2, 0.25) is 0 Å². The van der Waals surface area contributed by atoms with Crippen molar-refractivity contribution in [3.05, 3.63) is 119 Å². The van der Waals surface area contributed by atoms with Gasteiger partial charge in [0.1, 0.15) is 66.7 Å². The van der Waals surface area contributed by atoms with E-state index in [1.54, 1.807) is 35.0 Å². The lowest BCUT2D eigenvalue weighted by Crippen LogP contribution is -2.68. The van der Waals surface area contributed by atoms with Gasteiger partial charge in [0.25, 0.3) is 11.7 Å². The molecule has 2 aromatic heterocycles. The van der Waals surface area contributed by atoms with Crippen LogP contribution < -0.4 is 10.7 Å². The van der Waals surface area contributed by atoms with E-state index in [-0.39, 0.29) is 30.8 Å². The van der Waals surface area contributed by atoms with Crippen LogP contribution in [0.15, 0.2) is 102 Å². The number of hydrogen-bond donors (Lipinski definition) is 11. The van der Waals surface area contributed by atoms with Gasteiger partial charge < -0.3 is 94.1 Å². The minimum absolute atomic E-state index is 0.0332. The molecule has 0 spiro atoms. The first kappa shape index (κ1) is 57.5. The Bertz CT molecular complexity index is 2760. The number of rotatable bonds is 24. The molecule has 3 aliphatic heterocycles. The lowest BCUT2D eigenvalue weighted by Gasteiger charge is -2.47. The molecule has 3 aromatic carbocycles. The summed E-state index contributed by atoms with van der Waals surface area (Å²) in [4.78, 5) is 38.8. The topological polar surface area (TPSA) is 366 Å². The molecule has 418 valence electrons. The van der Waals surface area contributed by atoms with Crippen LogP contribution in [0.25, 0.3) is 21.8 Å². The maximum atomic E-state index is 13.1. The summed E-state index contributed by atoms with van der Waals surface area (Å²) in [6.45, 7) is -1.14. The Morgan fingerprint density at radius 3 is 2.13 bits per heavy atom. The summed E-state index contributed by atoms with van der Waals surface area (Å²) in [5.74, 6) is -5.35. The molecule has 5 heterocycles. The quantitative estimate of drug-likeness (QED) is 0.0189. The summed E-state index contributed by atoms with van der Waals surface area (Å²) in [6, 6.07) is 21.6. The maximum Gasteiger partial charge on any atom is 0.364 e. The molecule has 3 aliphatic rings. The van der Waals surface area contributed by atoms with Crippen molar-refractivity contribution in [3.8, 4) is 0 Å². The molecule has 25 nitrogen and oxygen atoms in total. The normalized spacial score (nSPS) is 30.2. The van der Waals surface area contributed by atoms with Gasteiger partial charge >= 0.3 is 5.97 Å². The summed E-state index contributed by atoms with van der Waals surface area (Å²) in [5.41, 5.74) is 2.65. The summed E-state index contributed by atoms with van der Waals surface area (Å²) in [6.07, 6.45) is -16.5. The van der Waals surface area contributed by atoms with Crippen LogP contribution in [-0.2, 0) is 57.6 Å². The second-order valence-corrected chi connectivity index (χ2v) is 19.0. The Kier molecular flexibility index (Phi) is 19.6. The molecule has 0 bridgehead atoms. The number of nitrogens with zero attached hydrogens (tertiary/aromatic N) is 4. The van der Waals surface area contributed by atoms with E-state index in [9.17, 15) is 65.4 Å². The lowest BCUT2D eigenvalue weighted by atomic mass is 9.90. The third-order valence-corrected chi connectivity index (χ3v) is 13.8. The number of pyridine rings is 1. The third kappa shape index (κ3) is 13.3. The number of unbranched alkanes of at least 4 members (excludes halogenated alkanes) is 2. The minimum atomic E-state index is -2.81. The van der Waals surface area contributed by atoms with Gasteiger partial charge in [-0.05, 0) is 55.7 Å². The summed E-state index contributed by atoms with van der Waals surface area (Å²) in [7, 11) is 0. The highest BCUT2D eigenvalue weighted by molar-refractivity contribution is 5.94. The van der Waals surface area contributed by atoms with Gasteiger partial charge in [0.15, 0.2) is 18.0 Å². The van der Waals surface area contributed by atoms with E-state index in [2.05, 4.69) is 20.2 Å². The Labute approximate surface area is 440 Å². The van der Waals surface area contributed by atoms with Crippen molar-refractivity contribution in [1.29, 1.82) is 0 Å². The molecule has 3 saturated heterocycles. The zero-order valence-corrected chi connectivity index (χ0v) is 41.6. The zero-order chi connectivity index (χ0) is 54.8. The SMILES string of the molecule is O=C(N[C@H]1[C@H]([C@H](O)CO)O[C@@](OC[C@H]2O[C@@H](O[C@H]3[C@H](O)[C@@H](O)[C@H](OC/C=C/COCc4cn(CCCCCn5c6ccccc6c(=O)c6ccccc65)nn4)O[C@@H]3CO)[C@H](O)[C@@H](O)[C@H]2O)(C(=O)O)C[C@@H]1O)c1ccccc1. The highest BCUT2D eigenvalue weighted by atomic mass is 16.8. The van der Waals surface area contributed by atoms with Crippen molar-refractivity contribution in [2.75, 3.05) is 33.0 Å². The molecular weight excluding hydrogens is 1010 g/mol. The van der Waals surface area contributed by atoms with Gasteiger partial charge in [-0.2, -0.15) is 0 Å². The first-order valence-electron chi connectivity index (χ1n) is 25.2. The number of carbonyl (C=O) groups is 2. The molecule has 5 aromatic rings. The highest BCUT2D eigenvalue weighted by Crippen LogP contribution is 2.35. The van der Waals surface area contributed by atoms with Crippen LogP contribution in [0.3, 0.4) is 0 Å². The van der Waals surface area contributed by atoms with E-state index in [1.165, 1.54) is 12.1 Å². The number of ether oxygens (including phenoxy) is 7. The van der Waals surface area contributed by atoms with E-state index < -0.39 is 130 Å². The number of para-hydroxylation sites is 2. The van der Waals surface area contributed by atoms with E-state index in [0.717, 1.165) is 36.8 Å². The van der Waals surface area contributed by atoms with Gasteiger partial charge in [0.2, 0.25) is 0 Å². The number of nitrogens with one attached hydrogen (secondary N) is 1. The van der Waals surface area contributed by atoms with E-state index in [4.69, 9.17) is 33.2 Å². The number of fused-ring (bicyclic) bond motifs is 2. The van der Waals surface area contributed by atoms with E-state index in [1.807, 2.05) is 54.7 Å². The standard InChI is InChI=1S/C52H65N5O20/c58-25-36(61)46-39(53-48(68)29-13-3-1-4-14-29)35(60)23-52(77-46,51(69)70)73-28-38-41(63)42(64)44(66)50(75-38)76-47-37(26-59)74-49(45(67)43(47)65)72-22-12-11-21-71-27-30-24-56(55-54-30)19-9-2-10-20-57-33-17-7-5-15-31(33)40(62)32-16-6-8-18-34(32)57/h1,3-8,11-18,24,35-39,41-47,49-50,58-61,63-67H,2,9-10,19-23,25-28H2,(H,53,68)(H,69,70)/b12-11+/t35-,36+,37+,38+,39+,41-,42-,43+,44+,45+,46-,47+,49+,50-,52+/m0/s1. The number of carboxylic acids is 1. The molecule has 3 fully saturated rings. The average Bonchev–Trinajstić information content (AvgIpc) is 3.90. The fraction of sp³-hybridized carbons (Fsp3) is 0.519. The number of aryl methyl sites for hydroxylation is 2. The summed E-state index contributed by atoms with van der Waals surface area (Å²) in [5, 5.41) is 119. The monoisotopic (exact) mass is 1080 g/mol. The van der Waals surface area contributed by atoms with Crippen molar-refractivity contribution in [2.45, 2.75) is 137 Å². The van der Waals surface area contributed by atoms with Gasteiger partial charge in [-0.15, -0.1) is 5.10 Å². The maximum absolute atomic E-state index is 13.1. The molecule has 0 aliphatic carbocycles.